The lowest BCUT2D eigenvalue weighted by molar-refractivity contribution is 0.467. The van der Waals surface area contributed by atoms with Gasteiger partial charge >= 0.3 is 0 Å². The fraction of sp³-hybridized carbons (Fsp3) is 0.333. The van der Waals surface area contributed by atoms with Gasteiger partial charge in [0.1, 0.15) is 5.75 Å². The summed E-state index contributed by atoms with van der Waals surface area (Å²) in [4.78, 5) is 0. The summed E-state index contributed by atoms with van der Waals surface area (Å²) in [5.74, 6) is 0.353. The number of hydrogen-bond acceptors (Lipinski definition) is 2. The number of phenols is 1. The lowest BCUT2D eigenvalue weighted by Crippen LogP contribution is -2.00. The van der Waals surface area contributed by atoms with Gasteiger partial charge in [-0.3, -0.25) is 0 Å². The summed E-state index contributed by atoms with van der Waals surface area (Å²) in [6.45, 7) is 0.659. The molecule has 0 heterocycles. The lowest BCUT2D eigenvalue weighted by atomic mass is 10.1. The molecule has 0 saturated heterocycles. The first kappa shape index (κ1) is 9.55. The van der Waals surface area contributed by atoms with Gasteiger partial charge in [-0.25, -0.2) is 0 Å². The second-order valence-corrected chi connectivity index (χ2v) is 3.58. The Hall–Kier alpha value is -0.540. The van der Waals surface area contributed by atoms with E-state index in [-0.39, 0.29) is 0 Å². The van der Waals surface area contributed by atoms with E-state index >= 15 is 0 Å². The molecule has 66 valence electrons. The van der Waals surface area contributed by atoms with E-state index in [4.69, 9.17) is 5.73 Å². The minimum Gasteiger partial charge on any atom is -0.508 e. The van der Waals surface area contributed by atoms with Gasteiger partial charge in [0.05, 0.1) is 0 Å². The Kier molecular flexibility index (Phi) is 3.56. The number of nitrogens with two attached hydrogens (primary N) is 1. The van der Waals surface area contributed by atoms with E-state index in [9.17, 15) is 5.11 Å². The van der Waals surface area contributed by atoms with Crippen LogP contribution in [0.1, 0.15) is 12.0 Å². The fourth-order valence-corrected chi connectivity index (χ4v) is 1.46. The first-order valence-electron chi connectivity index (χ1n) is 3.91. The Morgan fingerprint density at radius 3 is 2.83 bits per heavy atom. The van der Waals surface area contributed by atoms with Gasteiger partial charge in [0, 0.05) is 4.47 Å². The Balaban J connectivity index is 2.75. The standard InChI is InChI=1S/C9H12BrNO/c10-8-3-4-9(12)7(6-8)2-1-5-11/h3-4,6,12H,1-2,5,11H2. The zero-order valence-electron chi connectivity index (χ0n) is 6.76. The van der Waals surface area contributed by atoms with E-state index in [1.807, 2.05) is 12.1 Å². The summed E-state index contributed by atoms with van der Waals surface area (Å²) in [6, 6.07) is 5.43. The highest BCUT2D eigenvalue weighted by molar-refractivity contribution is 9.10. The molecule has 0 fully saturated rings. The molecule has 0 amide bonds. The summed E-state index contributed by atoms with van der Waals surface area (Å²) < 4.78 is 0.993. The molecule has 12 heavy (non-hydrogen) atoms. The molecule has 1 aromatic rings. The molecule has 0 spiro atoms. The van der Waals surface area contributed by atoms with Crippen LogP contribution in [0.15, 0.2) is 22.7 Å². The normalized spacial score (nSPS) is 10.2. The number of aryl methyl sites for hydroxylation is 1. The Labute approximate surface area is 80.5 Å². The van der Waals surface area contributed by atoms with Crippen molar-refractivity contribution in [1.82, 2.24) is 0 Å². The van der Waals surface area contributed by atoms with Crippen molar-refractivity contribution >= 4 is 15.9 Å². The second-order valence-electron chi connectivity index (χ2n) is 2.67. The predicted molar refractivity (Wildman–Crippen MR) is 53.2 cm³/mol. The summed E-state index contributed by atoms with van der Waals surface area (Å²) in [6.07, 6.45) is 1.74. The number of hydrogen-bond donors (Lipinski definition) is 2. The topological polar surface area (TPSA) is 46.2 Å². The zero-order valence-corrected chi connectivity index (χ0v) is 8.34. The van der Waals surface area contributed by atoms with Crippen molar-refractivity contribution in [3.05, 3.63) is 28.2 Å². The second kappa shape index (κ2) is 4.48. The Morgan fingerprint density at radius 1 is 1.42 bits per heavy atom. The van der Waals surface area contributed by atoms with Crippen LogP contribution in [0.2, 0.25) is 0 Å². The number of benzene rings is 1. The molecule has 0 radical (unpaired) electrons. The van der Waals surface area contributed by atoms with E-state index in [2.05, 4.69) is 15.9 Å². The van der Waals surface area contributed by atoms with Crippen molar-refractivity contribution < 1.29 is 5.11 Å². The average molecular weight is 230 g/mol. The third-order valence-electron chi connectivity index (χ3n) is 1.69. The molecule has 0 unspecified atom stereocenters. The quantitative estimate of drug-likeness (QED) is 0.834. The van der Waals surface area contributed by atoms with Gasteiger partial charge in [0.15, 0.2) is 0 Å². The van der Waals surface area contributed by atoms with Crippen LogP contribution < -0.4 is 5.73 Å². The maximum Gasteiger partial charge on any atom is 0.118 e. The third kappa shape index (κ3) is 2.50. The van der Waals surface area contributed by atoms with Crippen LogP contribution in [0.3, 0.4) is 0 Å². The third-order valence-corrected chi connectivity index (χ3v) is 2.19. The van der Waals surface area contributed by atoms with Crippen molar-refractivity contribution in [2.24, 2.45) is 5.73 Å². The average Bonchev–Trinajstić information content (AvgIpc) is 2.07. The minimum atomic E-state index is 0.353. The summed E-state index contributed by atoms with van der Waals surface area (Å²) in [5.41, 5.74) is 6.32. The molecule has 1 rings (SSSR count). The molecule has 0 aliphatic heterocycles. The van der Waals surface area contributed by atoms with Crippen molar-refractivity contribution in [3.63, 3.8) is 0 Å². The number of rotatable bonds is 3. The molecule has 0 saturated carbocycles. The van der Waals surface area contributed by atoms with E-state index < -0.39 is 0 Å². The molecule has 3 heteroatoms. The molecule has 2 nitrogen and oxygen atoms in total. The molecular formula is C9H12BrNO. The van der Waals surface area contributed by atoms with Gasteiger partial charge in [-0.2, -0.15) is 0 Å². The highest BCUT2D eigenvalue weighted by Gasteiger charge is 2.00. The Morgan fingerprint density at radius 2 is 2.17 bits per heavy atom. The van der Waals surface area contributed by atoms with Crippen LogP contribution >= 0.6 is 15.9 Å². The van der Waals surface area contributed by atoms with Gasteiger partial charge in [-0.1, -0.05) is 15.9 Å². The van der Waals surface area contributed by atoms with Crippen LogP contribution in [0.25, 0.3) is 0 Å². The highest BCUT2D eigenvalue weighted by atomic mass is 79.9. The first-order valence-corrected chi connectivity index (χ1v) is 4.71. The van der Waals surface area contributed by atoms with Gasteiger partial charge in [0.25, 0.3) is 0 Å². The van der Waals surface area contributed by atoms with Gasteiger partial charge in [-0.15, -0.1) is 0 Å². The number of aromatic hydroxyl groups is 1. The zero-order chi connectivity index (χ0) is 8.97. The SMILES string of the molecule is NCCCc1cc(Br)ccc1O. The summed E-state index contributed by atoms with van der Waals surface area (Å²) >= 11 is 3.35. The largest absolute Gasteiger partial charge is 0.508 e. The van der Waals surface area contributed by atoms with E-state index in [0.29, 0.717) is 12.3 Å². The van der Waals surface area contributed by atoms with Gasteiger partial charge < -0.3 is 10.8 Å². The van der Waals surface area contributed by atoms with Crippen LogP contribution in [-0.2, 0) is 6.42 Å². The monoisotopic (exact) mass is 229 g/mol. The molecule has 0 aromatic heterocycles. The van der Waals surface area contributed by atoms with E-state index in [1.54, 1.807) is 6.07 Å². The molecule has 0 bridgehead atoms. The molecular weight excluding hydrogens is 218 g/mol. The summed E-state index contributed by atoms with van der Waals surface area (Å²) in [5, 5.41) is 9.40. The first-order chi connectivity index (χ1) is 5.74. The molecule has 0 aliphatic rings. The van der Waals surface area contributed by atoms with E-state index in [1.165, 1.54) is 0 Å². The molecule has 1 aromatic carbocycles. The van der Waals surface area contributed by atoms with Crippen molar-refractivity contribution in [2.75, 3.05) is 6.54 Å². The lowest BCUT2D eigenvalue weighted by Gasteiger charge is -2.03. The maximum atomic E-state index is 9.40. The van der Waals surface area contributed by atoms with Crippen molar-refractivity contribution in [3.8, 4) is 5.75 Å². The number of halogens is 1. The Bertz CT molecular complexity index is 263. The van der Waals surface area contributed by atoms with Crippen LogP contribution in [-0.4, -0.2) is 11.7 Å². The molecule has 3 N–H and O–H groups in total. The summed E-state index contributed by atoms with van der Waals surface area (Å²) in [7, 11) is 0. The van der Waals surface area contributed by atoms with Crippen LogP contribution in [0, 0.1) is 0 Å². The predicted octanol–water partition coefficient (Wildman–Crippen LogP) is 2.05. The molecule has 0 aliphatic carbocycles. The van der Waals surface area contributed by atoms with Crippen LogP contribution in [0.5, 0.6) is 5.75 Å². The minimum absolute atomic E-state index is 0.353. The molecule has 0 atom stereocenters. The van der Waals surface area contributed by atoms with Gasteiger partial charge in [0.2, 0.25) is 0 Å². The van der Waals surface area contributed by atoms with Crippen molar-refractivity contribution in [2.45, 2.75) is 12.8 Å². The number of phenolic OH excluding ortho intramolecular Hbond substituents is 1. The van der Waals surface area contributed by atoms with E-state index in [0.717, 1.165) is 22.9 Å². The maximum absolute atomic E-state index is 9.40. The highest BCUT2D eigenvalue weighted by Crippen LogP contribution is 2.22. The smallest absolute Gasteiger partial charge is 0.118 e. The van der Waals surface area contributed by atoms with Crippen LogP contribution in [0.4, 0.5) is 0 Å². The van der Waals surface area contributed by atoms with Gasteiger partial charge in [-0.05, 0) is 43.1 Å². The van der Waals surface area contributed by atoms with Crippen molar-refractivity contribution in [1.29, 1.82) is 0 Å². The fourth-order valence-electron chi connectivity index (χ4n) is 1.05.